The Bertz CT molecular complexity index is 852. The van der Waals surface area contributed by atoms with Crippen LogP contribution in [0.1, 0.15) is 27.1 Å². The Morgan fingerprint density at radius 1 is 0.862 bits per heavy atom. The topological polar surface area (TPSA) is 79.0 Å². The zero-order chi connectivity index (χ0) is 20.6. The highest BCUT2D eigenvalue weighted by atomic mass is 16.5. The van der Waals surface area contributed by atoms with E-state index in [4.69, 9.17) is 4.74 Å². The second-order valence-corrected chi connectivity index (χ2v) is 6.80. The molecule has 2 aromatic rings. The highest BCUT2D eigenvalue weighted by Crippen LogP contribution is 2.14. The van der Waals surface area contributed by atoms with Crippen molar-refractivity contribution >= 4 is 17.7 Å². The van der Waals surface area contributed by atoms with Crippen molar-refractivity contribution in [3.8, 4) is 5.75 Å². The van der Waals surface area contributed by atoms with Crippen LogP contribution in [0.15, 0.2) is 54.6 Å². The molecule has 2 aromatic carbocycles. The standard InChI is InChI=1S/C22H25N3O4/c1-29-19-10-8-18(9-11-19)22(28)25-13-5-12-24(14-15-25)20(26)16-23-21(27)17-6-3-2-4-7-17/h2-4,6-11H,5,12-16H2,1H3,(H,23,27). The van der Waals surface area contributed by atoms with Crippen LogP contribution in [-0.2, 0) is 4.79 Å². The minimum absolute atomic E-state index is 0.0554. The molecule has 1 heterocycles. The minimum atomic E-state index is -0.273. The van der Waals surface area contributed by atoms with E-state index >= 15 is 0 Å². The smallest absolute Gasteiger partial charge is 0.253 e. The Balaban J connectivity index is 1.51. The lowest BCUT2D eigenvalue weighted by atomic mass is 10.2. The molecule has 1 aliphatic rings. The first kappa shape index (κ1) is 20.4. The number of rotatable bonds is 5. The van der Waals surface area contributed by atoms with Gasteiger partial charge in [0.1, 0.15) is 5.75 Å². The first-order valence-corrected chi connectivity index (χ1v) is 9.63. The summed E-state index contributed by atoms with van der Waals surface area (Å²) in [4.78, 5) is 40.8. The van der Waals surface area contributed by atoms with Crippen LogP contribution in [0.5, 0.6) is 5.75 Å². The van der Waals surface area contributed by atoms with Crippen LogP contribution < -0.4 is 10.1 Å². The van der Waals surface area contributed by atoms with Gasteiger partial charge in [0.2, 0.25) is 5.91 Å². The number of benzene rings is 2. The van der Waals surface area contributed by atoms with E-state index in [1.807, 2.05) is 6.07 Å². The van der Waals surface area contributed by atoms with Crippen LogP contribution in [-0.4, -0.2) is 67.4 Å². The van der Waals surface area contributed by atoms with E-state index in [9.17, 15) is 14.4 Å². The van der Waals surface area contributed by atoms with Crippen molar-refractivity contribution in [2.24, 2.45) is 0 Å². The maximum atomic E-state index is 12.7. The van der Waals surface area contributed by atoms with Crippen molar-refractivity contribution in [3.05, 3.63) is 65.7 Å². The van der Waals surface area contributed by atoms with Gasteiger partial charge in [0.05, 0.1) is 13.7 Å². The van der Waals surface area contributed by atoms with Crippen LogP contribution in [0.4, 0.5) is 0 Å². The molecule has 1 fully saturated rings. The van der Waals surface area contributed by atoms with E-state index in [2.05, 4.69) is 5.32 Å². The number of ether oxygens (including phenoxy) is 1. The molecular weight excluding hydrogens is 370 g/mol. The Morgan fingerprint density at radius 2 is 1.52 bits per heavy atom. The van der Waals surface area contributed by atoms with E-state index in [0.717, 1.165) is 0 Å². The van der Waals surface area contributed by atoms with E-state index in [0.29, 0.717) is 49.5 Å². The number of nitrogens with one attached hydrogen (secondary N) is 1. The van der Waals surface area contributed by atoms with Gasteiger partial charge < -0.3 is 19.9 Å². The van der Waals surface area contributed by atoms with Gasteiger partial charge in [0, 0.05) is 37.3 Å². The number of carbonyl (C=O) groups is 3. The molecule has 0 radical (unpaired) electrons. The highest BCUT2D eigenvalue weighted by Gasteiger charge is 2.23. The summed E-state index contributed by atoms with van der Waals surface area (Å²) in [5.41, 5.74) is 1.12. The van der Waals surface area contributed by atoms with Gasteiger partial charge in [0.25, 0.3) is 11.8 Å². The Morgan fingerprint density at radius 3 is 2.21 bits per heavy atom. The minimum Gasteiger partial charge on any atom is -0.497 e. The summed E-state index contributed by atoms with van der Waals surface area (Å²) in [7, 11) is 1.58. The maximum Gasteiger partial charge on any atom is 0.253 e. The monoisotopic (exact) mass is 395 g/mol. The zero-order valence-corrected chi connectivity index (χ0v) is 16.5. The number of carbonyl (C=O) groups excluding carboxylic acids is 3. The van der Waals surface area contributed by atoms with E-state index in [1.165, 1.54) is 0 Å². The summed E-state index contributed by atoms with van der Waals surface area (Å²) in [6, 6.07) is 15.8. The Kier molecular flexibility index (Phi) is 6.84. The SMILES string of the molecule is COc1ccc(C(=O)N2CCCN(C(=O)CNC(=O)c3ccccc3)CC2)cc1. The summed E-state index contributed by atoms with van der Waals surface area (Å²) < 4.78 is 5.12. The second-order valence-electron chi connectivity index (χ2n) is 6.80. The fourth-order valence-electron chi connectivity index (χ4n) is 3.25. The molecule has 0 unspecified atom stereocenters. The van der Waals surface area contributed by atoms with E-state index in [1.54, 1.807) is 65.4 Å². The summed E-state index contributed by atoms with van der Waals surface area (Å²) in [5, 5.41) is 2.66. The average Bonchev–Trinajstić information content (AvgIpc) is 3.04. The maximum absolute atomic E-state index is 12.7. The highest BCUT2D eigenvalue weighted by molar-refractivity contribution is 5.96. The van der Waals surface area contributed by atoms with Crippen LogP contribution in [0.3, 0.4) is 0 Å². The summed E-state index contributed by atoms with van der Waals surface area (Å²) in [5.74, 6) is 0.226. The summed E-state index contributed by atoms with van der Waals surface area (Å²) in [6.45, 7) is 2.00. The quantitative estimate of drug-likeness (QED) is 0.837. The molecule has 7 nitrogen and oxygen atoms in total. The van der Waals surface area contributed by atoms with Gasteiger partial charge >= 0.3 is 0 Å². The molecule has 152 valence electrons. The second kappa shape index (κ2) is 9.73. The first-order valence-electron chi connectivity index (χ1n) is 9.63. The Labute approximate surface area is 170 Å². The van der Waals surface area contributed by atoms with Gasteiger partial charge in [0.15, 0.2) is 0 Å². The zero-order valence-electron chi connectivity index (χ0n) is 16.5. The predicted octanol–water partition coefficient (Wildman–Crippen LogP) is 1.80. The molecule has 1 N–H and O–H groups in total. The molecule has 0 aromatic heterocycles. The molecule has 29 heavy (non-hydrogen) atoms. The molecule has 0 saturated carbocycles. The van der Waals surface area contributed by atoms with Crippen molar-refractivity contribution in [2.75, 3.05) is 39.8 Å². The fraction of sp³-hybridized carbons (Fsp3) is 0.318. The largest absolute Gasteiger partial charge is 0.497 e. The molecule has 1 saturated heterocycles. The van der Waals surface area contributed by atoms with E-state index < -0.39 is 0 Å². The third-order valence-electron chi connectivity index (χ3n) is 4.91. The lowest BCUT2D eigenvalue weighted by Crippen LogP contribution is -2.42. The van der Waals surface area contributed by atoms with Crippen LogP contribution in [0.25, 0.3) is 0 Å². The fourth-order valence-corrected chi connectivity index (χ4v) is 3.25. The lowest BCUT2D eigenvalue weighted by molar-refractivity contribution is -0.129. The van der Waals surface area contributed by atoms with E-state index in [-0.39, 0.29) is 24.3 Å². The number of methoxy groups -OCH3 is 1. The van der Waals surface area contributed by atoms with Crippen LogP contribution >= 0.6 is 0 Å². The predicted molar refractivity (Wildman–Crippen MR) is 109 cm³/mol. The summed E-state index contributed by atoms with van der Waals surface area (Å²) in [6.07, 6.45) is 0.695. The molecule has 3 rings (SSSR count). The van der Waals surface area contributed by atoms with Crippen molar-refractivity contribution in [1.82, 2.24) is 15.1 Å². The van der Waals surface area contributed by atoms with Gasteiger partial charge in [-0.1, -0.05) is 18.2 Å². The molecule has 7 heteroatoms. The number of hydrogen-bond donors (Lipinski definition) is 1. The normalized spacial score (nSPS) is 14.1. The Hall–Kier alpha value is -3.35. The van der Waals surface area contributed by atoms with Crippen molar-refractivity contribution in [3.63, 3.8) is 0 Å². The average molecular weight is 395 g/mol. The van der Waals surface area contributed by atoms with Gasteiger partial charge in [-0.05, 0) is 42.8 Å². The van der Waals surface area contributed by atoms with Crippen LogP contribution in [0.2, 0.25) is 0 Å². The van der Waals surface area contributed by atoms with Gasteiger partial charge in [-0.3, -0.25) is 14.4 Å². The van der Waals surface area contributed by atoms with Crippen molar-refractivity contribution in [1.29, 1.82) is 0 Å². The molecule has 0 spiro atoms. The first-order chi connectivity index (χ1) is 14.1. The third kappa shape index (κ3) is 5.34. The molecular formula is C22H25N3O4. The molecule has 0 bridgehead atoms. The third-order valence-corrected chi connectivity index (χ3v) is 4.91. The van der Waals surface area contributed by atoms with Gasteiger partial charge in [-0.2, -0.15) is 0 Å². The number of nitrogens with zero attached hydrogens (tertiary/aromatic N) is 2. The van der Waals surface area contributed by atoms with Crippen molar-refractivity contribution in [2.45, 2.75) is 6.42 Å². The number of hydrogen-bond acceptors (Lipinski definition) is 4. The van der Waals surface area contributed by atoms with Gasteiger partial charge in [-0.15, -0.1) is 0 Å². The summed E-state index contributed by atoms with van der Waals surface area (Å²) >= 11 is 0. The molecule has 1 aliphatic heterocycles. The molecule has 3 amide bonds. The van der Waals surface area contributed by atoms with Crippen molar-refractivity contribution < 1.29 is 19.1 Å². The molecule has 0 aliphatic carbocycles. The van der Waals surface area contributed by atoms with Crippen LogP contribution in [0, 0.1) is 0 Å². The lowest BCUT2D eigenvalue weighted by Gasteiger charge is -2.22. The van der Waals surface area contributed by atoms with Gasteiger partial charge in [-0.25, -0.2) is 0 Å². The molecule has 0 atom stereocenters. The number of amides is 3.